The van der Waals surface area contributed by atoms with Gasteiger partial charge in [0, 0.05) is 18.2 Å². The van der Waals surface area contributed by atoms with Crippen LogP contribution in [0.25, 0.3) is 0 Å². The number of rotatable bonds is 4. The van der Waals surface area contributed by atoms with Gasteiger partial charge < -0.3 is 0 Å². The van der Waals surface area contributed by atoms with E-state index < -0.39 is 6.89 Å². The minimum Gasteiger partial charge on any atom is -0.273 e. The van der Waals surface area contributed by atoms with Gasteiger partial charge in [0.25, 0.3) is 5.91 Å². The van der Waals surface area contributed by atoms with Crippen LogP contribution in [-0.2, 0) is 0 Å². The molecule has 0 saturated carbocycles. The van der Waals surface area contributed by atoms with Gasteiger partial charge in [-0.25, -0.2) is 4.98 Å². The summed E-state index contributed by atoms with van der Waals surface area (Å²) in [6.45, 7) is -2.27. The lowest BCUT2D eigenvalue weighted by Gasteiger charge is -2.28. The van der Waals surface area contributed by atoms with Crippen molar-refractivity contribution in [2.75, 3.05) is 0 Å². The largest absolute Gasteiger partial charge is 0.273 e. The highest BCUT2D eigenvalue weighted by atomic mass is 31.2. The van der Waals surface area contributed by atoms with E-state index in [4.69, 9.17) is 0 Å². The smallest absolute Gasteiger partial charge is 0.256 e. The number of hydrogen-bond acceptors (Lipinski definition) is 2. The lowest BCUT2D eigenvalue weighted by atomic mass is 10.4. The fourth-order valence-corrected chi connectivity index (χ4v) is 7.02. The van der Waals surface area contributed by atoms with E-state index in [9.17, 15) is 4.79 Å². The zero-order chi connectivity index (χ0) is 18.5. The number of benzene rings is 3. The van der Waals surface area contributed by atoms with Crippen LogP contribution < -0.4 is 15.9 Å². The van der Waals surface area contributed by atoms with Crippen LogP contribution in [0.5, 0.6) is 0 Å². The molecule has 1 aromatic heterocycles. The Morgan fingerprint density at radius 2 is 1.19 bits per heavy atom. The summed E-state index contributed by atoms with van der Waals surface area (Å²) < 4.78 is 1.53. The fraction of sp³-hybridized carbons (Fsp3) is 0. The lowest BCUT2D eigenvalue weighted by Crippen LogP contribution is -2.29. The minimum atomic E-state index is -2.27. The van der Waals surface area contributed by atoms with Gasteiger partial charge in [0.1, 0.15) is 6.33 Å². The third kappa shape index (κ3) is 3.30. The zero-order valence-electron chi connectivity index (χ0n) is 14.7. The van der Waals surface area contributed by atoms with Crippen LogP contribution in [0, 0.1) is 0 Å². The molecule has 3 aromatic carbocycles. The number of imidazole rings is 1. The SMILES string of the molecule is O=C(C=P(c1ccccc1)(c1ccccc1)c1ccccc1)n1ccnc1. The Hall–Kier alpha value is -3.16. The second-order valence-electron chi connectivity index (χ2n) is 6.17. The number of carbonyl (C=O) groups is 1. The van der Waals surface area contributed by atoms with Gasteiger partial charge in [-0.1, -0.05) is 91.0 Å². The summed E-state index contributed by atoms with van der Waals surface area (Å²) in [4.78, 5) is 17.2. The first-order chi connectivity index (χ1) is 13.3. The molecule has 3 nitrogen and oxygen atoms in total. The van der Waals surface area contributed by atoms with Gasteiger partial charge in [-0.15, -0.1) is 0 Å². The number of nitrogens with zero attached hydrogens (tertiary/aromatic N) is 2. The normalized spacial score (nSPS) is 11.1. The third-order valence-corrected chi connectivity index (χ3v) is 8.50. The van der Waals surface area contributed by atoms with Crippen molar-refractivity contribution in [3.63, 3.8) is 0 Å². The Morgan fingerprint density at radius 1 is 0.741 bits per heavy atom. The van der Waals surface area contributed by atoms with Crippen LogP contribution in [0.2, 0.25) is 0 Å². The molecule has 132 valence electrons. The fourth-order valence-electron chi connectivity index (χ4n) is 3.28. The molecule has 0 aliphatic heterocycles. The average molecular weight is 370 g/mol. The van der Waals surface area contributed by atoms with Crippen molar-refractivity contribution >= 4 is 34.5 Å². The third-order valence-electron chi connectivity index (χ3n) is 4.55. The van der Waals surface area contributed by atoms with Crippen molar-refractivity contribution in [2.45, 2.75) is 0 Å². The maximum absolute atomic E-state index is 13.1. The van der Waals surface area contributed by atoms with E-state index in [1.807, 2.05) is 60.4 Å². The van der Waals surface area contributed by atoms with E-state index in [1.54, 1.807) is 18.7 Å². The van der Waals surface area contributed by atoms with Gasteiger partial charge >= 0.3 is 0 Å². The van der Waals surface area contributed by atoms with Crippen LogP contribution in [0.1, 0.15) is 4.79 Å². The molecule has 0 unspecified atom stereocenters. The maximum Gasteiger partial charge on any atom is 0.256 e. The Labute approximate surface area is 158 Å². The summed E-state index contributed by atoms with van der Waals surface area (Å²) in [5.74, 6) is 1.83. The van der Waals surface area contributed by atoms with E-state index in [-0.39, 0.29) is 5.91 Å². The zero-order valence-corrected chi connectivity index (χ0v) is 15.6. The maximum atomic E-state index is 13.1. The molecular formula is C23H19N2OP. The molecule has 4 rings (SSSR count). The van der Waals surface area contributed by atoms with Crippen LogP contribution in [0.15, 0.2) is 110 Å². The highest BCUT2D eigenvalue weighted by Gasteiger charge is 2.26. The van der Waals surface area contributed by atoms with Crippen LogP contribution in [-0.4, -0.2) is 21.3 Å². The van der Waals surface area contributed by atoms with Crippen molar-refractivity contribution in [3.05, 3.63) is 110 Å². The number of aromatic nitrogens is 2. The van der Waals surface area contributed by atoms with Gasteiger partial charge in [-0.05, 0) is 22.8 Å². The Balaban J connectivity index is 2.08. The van der Waals surface area contributed by atoms with Gasteiger partial charge in [-0.2, -0.15) is 0 Å². The molecule has 0 fully saturated rings. The number of hydrogen-bond donors (Lipinski definition) is 0. The van der Waals surface area contributed by atoms with Gasteiger partial charge in [-0.3, -0.25) is 9.36 Å². The first kappa shape index (κ1) is 17.3. The molecule has 0 spiro atoms. The van der Waals surface area contributed by atoms with Gasteiger partial charge in [0.05, 0.1) is 0 Å². The van der Waals surface area contributed by atoms with Crippen molar-refractivity contribution < 1.29 is 4.79 Å². The van der Waals surface area contributed by atoms with Crippen molar-refractivity contribution in [2.24, 2.45) is 0 Å². The van der Waals surface area contributed by atoms with Crippen molar-refractivity contribution in [1.29, 1.82) is 0 Å². The summed E-state index contributed by atoms with van der Waals surface area (Å²) in [6.07, 6.45) is 4.86. The van der Waals surface area contributed by atoms with Crippen LogP contribution >= 0.6 is 6.89 Å². The first-order valence-corrected chi connectivity index (χ1v) is 10.6. The van der Waals surface area contributed by atoms with Gasteiger partial charge in [0.15, 0.2) is 0 Å². The van der Waals surface area contributed by atoms with E-state index >= 15 is 0 Å². The Bertz CT molecular complexity index is 970. The predicted molar refractivity (Wildman–Crippen MR) is 114 cm³/mol. The minimum absolute atomic E-state index is 0.0719. The molecule has 0 bridgehead atoms. The molecule has 0 N–H and O–H groups in total. The van der Waals surface area contributed by atoms with E-state index in [1.165, 1.54) is 4.57 Å². The predicted octanol–water partition coefficient (Wildman–Crippen LogP) is 3.32. The molecular weight excluding hydrogens is 351 g/mol. The molecule has 0 radical (unpaired) electrons. The quantitative estimate of drug-likeness (QED) is 0.517. The molecule has 0 aliphatic carbocycles. The average Bonchev–Trinajstić information content (AvgIpc) is 3.29. The van der Waals surface area contributed by atoms with Crippen molar-refractivity contribution in [3.8, 4) is 0 Å². The summed E-state index contributed by atoms with van der Waals surface area (Å²) in [6, 6.07) is 30.9. The highest BCUT2D eigenvalue weighted by Crippen LogP contribution is 2.43. The topological polar surface area (TPSA) is 34.9 Å². The summed E-state index contributed by atoms with van der Waals surface area (Å²) >= 11 is 0. The molecule has 27 heavy (non-hydrogen) atoms. The molecule has 0 atom stereocenters. The van der Waals surface area contributed by atoms with E-state index in [0.717, 1.165) is 15.9 Å². The summed E-state index contributed by atoms with van der Waals surface area (Å²) in [7, 11) is 0. The lowest BCUT2D eigenvalue weighted by molar-refractivity contribution is 0.0997. The molecule has 0 saturated heterocycles. The van der Waals surface area contributed by atoms with Gasteiger partial charge in [0.2, 0.25) is 0 Å². The van der Waals surface area contributed by atoms with Crippen molar-refractivity contribution in [1.82, 2.24) is 9.55 Å². The van der Waals surface area contributed by atoms with Crippen LogP contribution in [0.4, 0.5) is 0 Å². The second kappa shape index (κ2) is 7.61. The standard InChI is InChI=1S/C23H19N2OP/c26-23(25-17-16-24-19-25)18-27(20-10-4-1-5-11-20,21-12-6-2-7-13-21)22-14-8-3-9-15-22/h1-19H. The highest BCUT2D eigenvalue weighted by molar-refractivity contribution is 7.95. The Kier molecular flexibility index (Phi) is 4.86. The monoisotopic (exact) mass is 370 g/mol. The summed E-state index contributed by atoms with van der Waals surface area (Å²) in [5.41, 5.74) is 0. The molecule has 1 heterocycles. The van der Waals surface area contributed by atoms with Crippen LogP contribution in [0.3, 0.4) is 0 Å². The second-order valence-corrected chi connectivity index (χ2v) is 9.42. The first-order valence-electron chi connectivity index (χ1n) is 8.74. The molecule has 0 amide bonds. The molecule has 4 aromatic rings. The Morgan fingerprint density at radius 3 is 1.56 bits per heavy atom. The summed E-state index contributed by atoms with van der Waals surface area (Å²) in [5, 5.41) is 3.45. The molecule has 4 heteroatoms. The number of carbonyl (C=O) groups excluding carboxylic acids is 1. The van der Waals surface area contributed by atoms with E-state index in [0.29, 0.717) is 0 Å². The molecule has 0 aliphatic rings. The van der Waals surface area contributed by atoms with E-state index in [2.05, 4.69) is 41.4 Å².